The molecule has 6 atom stereocenters. The summed E-state index contributed by atoms with van der Waals surface area (Å²) in [4.78, 5) is 82.9. The second kappa shape index (κ2) is 20.3. The van der Waals surface area contributed by atoms with E-state index in [1.807, 2.05) is 13.8 Å². The van der Waals surface area contributed by atoms with E-state index in [2.05, 4.69) is 21.3 Å². The normalized spacial score (nSPS) is 15.3. The van der Waals surface area contributed by atoms with Crippen molar-refractivity contribution in [3.8, 4) is 0 Å². The van der Waals surface area contributed by atoms with E-state index in [9.17, 15) is 43.8 Å². The van der Waals surface area contributed by atoms with Gasteiger partial charge in [0.2, 0.25) is 29.5 Å². The van der Waals surface area contributed by atoms with Gasteiger partial charge in [0.1, 0.15) is 17.9 Å². The monoisotopic (exact) mass is 607 g/mol. The Bertz CT molecular complexity index is 963. The highest BCUT2D eigenvalue weighted by molar-refractivity contribution is 5.92. The molecule has 12 N–H and O–H groups in total. The highest BCUT2D eigenvalue weighted by Gasteiger charge is 2.28. The predicted molar refractivity (Wildman–Crippen MR) is 157 cm³/mol. The van der Waals surface area contributed by atoms with Crippen molar-refractivity contribution in [2.75, 3.05) is 13.2 Å². The minimum Gasteiger partial charge on any atom is -0.480 e. The van der Waals surface area contributed by atoms with Crippen molar-refractivity contribution < 1.29 is 48.1 Å². The molecule has 0 fully saturated rings. The van der Waals surface area contributed by atoms with E-state index >= 15 is 0 Å². The number of aliphatic hydroxyl groups excluding tert-OH is 1. The second-order valence-electron chi connectivity index (χ2n) is 10.2. The molecule has 0 saturated carbocycles. The van der Waals surface area contributed by atoms with Crippen LogP contribution >= 0.6 is 0 Å². The minimum absolute atomic E-state index is 0. The van der Waals surface area contributed by atoms with Crippen molar-refractivity contribution in [3.05, 3.63) is 0 Å². The summed E-state index contributed by atoms with van der Waals surface area (Å²) >= 11 is 0. The van der Waals surface area contributed by atoms with Crippen LogP contribution in [0, 0.1) is 5.92 Å². The smallest absolute Gasteiger partial charge is 0.326 e. The number of hydrogen-bond donors (Lipinski definition) is 9. The molecule has 16 nitrogen and oxygen atoms in total. The molecule has 0 bridgehead atoms. The van der Waals surface area contributed by atoms with Gasteiger partial charge in [0, 0.05) is 23.7 Å². The van der Waals surface area contributed by atoms with E-state index in [1.54, 1.807) is 0 Å². The molecule has 246 valence electrons. The molecule has 0 aliphatic carbocycles. The van der Waals surface area contributed by atoms with Gasteiger partial charge in [0.15, 0.2) is 0 Å². The molecule has 0 aliphatic rings. The molecule has 0 spiro atoms. The van der Waals surface area contributed by atoms with Gasteiger partial charge < -0.3 is 43.4 Å². The number of nitrogens with two attached hydrogens (primary N) is 3. The van der Waals surface area contributed by atoms with Crippen LogP contribution in [0.4, 0.5) is 0 Å². The molecule has 5 amide bonds. The average Bonchev–Trinajstić information content (AvgIpc) is 2.92. The number of carboxylic acids is 1. The van der Waals surface area contributed by atoms with Crippen molar-refractivity contribution >= 4 is 41.3 Å². The van der Waals surface area contributed by atoms with Gasteiger partial charge in [-0.2, -0.15) is 0 Å². The van der Waals surface area contributed by atoms with Crippen molar-refractivity contribution in [3.63, 3.8) is 0 Å². The highest BCUT2D eigenvalue weighted by atomic mass is 16.4. The van der Waals surface area contributed by atoms with E-state index in [1.165, 1.54) is 6.92 Å². The first kappa shape index (κ1) is 38.4. The van der Waals surface area contributed by atoms with Gasteiger partial charge in [-0.15, -0.1) is 0 Å². The lowest BCUT2D eigenvalue weighted by Crippen LogP contribution is -2.55. The van der Waals surface area contributed by atoms with E-state index in [0.717, 1.165) is 0 Å². The fourth-order valence-corrected chi connectivity index (χ4v) is 3.88. The molecule has 0 aromatic rings. The van der Waals surface area contributed by atoms with Crippen LogP contribution in [0.3, 0.4) is 0 Å². The Morgan fingerprint density at radius 1 is 0.857 bits per heavy atom. The van der Waals surface area contributed by atoms with Crippen molar-refractivity contribution in [2.24, 2.45) is 23.1 Å². The summed E-state index contributed by atoms with van der Waals surface area (Å²) < 4.78 is 0. The fourth-order valence-electron chi connectivity index (χ4n) is 3.88. The first-order valence-electron chi connectivity index (χ1n) is 13.9. The third-order valence-electron chi connectivity index (χ3n) is 6.76. The van der Waals surface area contributed by atoms with Crippen LogP contribution in [0.2, 0.25) is 0 Å². The number of amides is 5. The van der Waals surface area contributed by atoms with Crippen LogP contribution in [0.25, 0.3) is 0 Å². The maximum Gasteiger partial charge on any atom is 0.326 e. The third-order valence-corrected chi connectivity index (χ3v) is 6.76. The van der Waals surface area contributed by atoms with Crippen LogP contribution in [0.1, 0.15) is 76.4 Å². The maximum atomic E-state index is 12.4. The van der Waals surface area contributed by atoms with Gasteiger partial charge in [-0.25, -0.2) is 4.79 Å². The molecule has 3 unspecified atom stereocenters. The SMILES string of the molecule is CC[C@H](C)[C@H](NC(CCC(=O)NCCCCC(N)C(=O)N[C@@H](CO)C(=O)NC(CCC(N)=O)C(=O)O)C(C)=O)C(N)=O.[HH].[HH].[HH]. The Labute approximate surface area is 249 Å². The molecule has 0 radical (unpaired) electrons. The molecule has 0 aromatic carbocycles. The molecule has 0 saturated heterocycles. The highest BCUT2D eigenvalue weighted by Crippen LogP contribution is 2.11. The molecule has 0 aromatic heterocycles. The largest absolute Gasteiger partial charge is 0.480 e. The molecule has 16 heteroatoms. The Hall–Kier alpha value is -3.63. The number of ketones is 1. The van der Waals surface area contributed by atoms with Gasteiger partial charge >= 0.3 is 5.97 Å². The summed E-state index contributed by atoms with van der Waals surface area (Å²) in [6, 6.07) is -5.34. The average molecular weight is 608 g/mol. The number of rotatable bonds is 23. The first-order chi connectivity index (χ1) is 19.6. The van der Waals surface area contributed by atoms with Crippen LogP contribution in [0.5, 0.6) is 0 Å². The van der Waals surface area contributed by atoms with Gasteiger partial charge in [0.05, 0.1) is 24.7 Å². The van der Waals surface area contributed by atoms with E-state index < -0.39 is 66.4 Å². The summed E-state index contributed by atoms with van der Waals surface area (Å²) in [5.41, 5.74) is 16.3. The number of aliphatic carboxylic acids is 1. The molecular formula is C26H53N7O9. The second-order valence-corrected chi connectivity index (χ2v) is 10.2. The number of hydrogen-bond acceptors (Lipinski definition) is 10. The van der Waals surface area contributed by atoms with Crippen LogP contribution in [-0.2, 0) is 33.6 Å². The lowest BCUT2D eigenvalue weighted by atomic mass is 9.96. The van der Waals surface area contributed by atoms with Crippen molar-refractivity contribution in [1.29, 1.82) is 0 Å². The van der Waals surface area contributed by atoms with Crippen LogP contribution in [-0.4, -0.2) is 94.9 Å². The maximum absolute atomic E-state index is 12.4. The number of carbonyl (C=O) groups excluding carboxylic acids is 6. The van der Waals surface area contributed by atoms with Crippen molar-refractivity contribution in [1.82, 2.24) is 21.3 Å². The van der Waals surface area contributed by atoms with Gasteiger partial charge in [-0.05, 0) is 44.9 Å². The zero-order chi connectivity index (χ0) is 32.4. The van der Waals surface area contributed by atoms with Gasteiger partial charge in [-0.3, -0.25) is 34.1 Å². The number of nitrogens with one attached hydrogen (secondary N) is 4. The van der Waals surface area contributed by atoms with Gasteiger partial charge in [-0.1, -0.05) is 20.3 Å². The molecule has 42 heavy (non-hydrogen) atoms. The number of carboxylic acid groups (broad SMARTS) is 1. The number of aliphatic hydroxyl groups is 1. The molecule has 0 rings (SSSR count). The lowest BCUT2D eigenvalue weighted by molar-refractivity contribution is -0.142. The Morgan fingerprint density at radius 3 is 1.95 bits per heavy atom. The zero-order valence-electron chi connectivity index (χ0n) is 24.5. The summed E-state index contributed by atoms with van der Waals surface area (Å²) in [5, 5.41) is 28.8. The van der Waals surface area contributed by atoms with E-state index in [-0.39, 0.29) is 60.5 Å². The molecule has 0 aliphatic heterocycles. The lowest BCUT2D eigenvalue weighted by Gasteiger charge is -2.26. The van der Waals surface area contributed by atoms with E-state index in [0.29, 0.717) is 19.3 Å². The van der Waals surface area contributed by atoms with Crippen LogP contribution in [0.15, 0.2) is 0 Å². The minimum atomic E-state index is -1.46. The zero-order valence-corrected chi connectivity index (χ0v) is 24.5. The third kappa shape index (κ3) is 15.4. The molecular weight excluding hydrogens is 554 g/mol. The molecule has 0 heterocycles. The summed E-state index contributed by atoms with van der Waals surface area (Å²) in [7, 11) is 0. The Balaban J connectivity index is -0.00000280. The number of carbonyl (C=O) groups is 7. The summed E-state index contributed by atoms with van der Waals surface area (Å²) in [5.74, 6) is -5.03. The summed E-state index contributed by atoms with van der Waals surface area (Å²) in [6.45, 7) is 4.58. The Morgan fingerprint density at radius 2 is 1.45 bits per heavy atom. The van der Waals surface area contributed by atoms with Crippen molar-refractivity contribution in [2.45, 2.75) is 102 Å². The number of unbranched alkanes of at least 4 members (excludes halogenated alkanes) is 1. The quantitative estimate of drug-likeness (QED) is 0.0566. The Kier molecular flexibility index (Phi) is 18.5. The topological polar surface area (TPSA) is 286 Å². The number of Topliss-reactive ketones (excluding diaryl/α,β-unsaturated/α-hetero) is 1. The van der Waals surface area contributed by atoms with Crippen LogP contribution < -0.4 is 38.5 Å². The summed E-state index contributed by atoms with van der Waals surface area (Å²) in [6.07, 6.45) is 1.46. The van der Waals surface area contributed by atoms with Gasteiger partial charge in [0.25, 0.3) is 0 Å². The number of primary amides is 2. The standard InChI is InChI=1S/C26H47N7O9.3H2/c1-4-14(2)22(23(29)38)31-17(15(3)35)9-11-21(37)30-12-6-5-7-16(27)24(39)33-19(13-34)25(40)32-18(26(41)42)8-10-20(28)36;;;/h14,16-19,22,31,34H,4-13,27H2,1-3H3,(H2,28,36)(H2,29,38)(H,30,37)(H,32,40)(H,33,39)(H,41,42);3*1H/t14-,16?,17?,18?,19-,22-;;;/m0.../s1. The predicted octanol–water partition coefficient (Wildman–Crippen LogP) is -2.12. The fraction of sp³-hybridized carbons (Fsp3) is 0.731. The first-order valence-corrected chi connectivity index (χ1v) is 13.9. The van der Waals surface area contributed by atoms with E-state index in [4.69, 9.17) is 17.2 Å².